The first-order valence-corrected chi connectivity index (χ1v) is 17.8. The van der Waals surface area contributed by atoms with E-state index in [2.05, 4.69) is 132 Å². The first-order valence-electron chi connectivity index (χ1n) is 13.1. The van der Waals surface area contributed by atoms with Gasteiger partial charge in [0, 0.05) is 0 Å². The first kappa shape index (κ1) is 30.0. The van der Waals surface area contributed by atoms with E-state index < -0.39 is 0 Å². The lowest BCUT2D eigenvalue weighted by molar-refractivity contribution is -0.0495. The maximum atomic E-state index is 5.69. The molecule has 40 heavy (non-hydrogen) atoms. The first-order chi connectivity index (χ1) is 19.0. The van der Waals surface area contributed by atoms with Gasteiger partial charge < -0.3 is 14.2 Å². The Morgan fingerprint density at radius 1 is 0.475 bits per heavy atom. The van der Waals surface area contributed by atoms with Crippen LogP contribution in [0.25, 0.3) is 0 Å². The Kier molecular flexibility index (Phi) is 8.12. The molecule has 0 radical (unpaired) electrons. The van der Waals surface area contributed by atoms with Crippen LogP contribution in [0, 0.1) is 5.92 Å². The number of ether oxygens (including phenoxy) is 3. The van der Waals surface area contributed by atoms with E-state index in [-0.39, 0.29) is 16.2 Å². The maximum Gasteiger partial charge on any atom is 0.147 e. The predicted octanol–water partition coefficient (Wildman–Crippen LogP) is 11.4. The van der Waals surface area contributed by atoms with Crippen molar-refractivity contribution >= 4 is 95.6 Å². The van der Waals surface area contributed by atoms with Gasteiger partial charge >= 0.3 is 0 Å². The number of halogens is 6. The van der Waals surface area contributed by atoms with E-state index in [1.807, 2.05) is 0 Å². The summed E-state index contributed by atoms with van der Waals surface area (Å²) in [4.78, 5) is 0. The van der Waals surface area contributed by atoms with Gasteiger partial charge in [-0.05, 0) is 209 Å². The van der Waals surface area contributed by atoms with E-state index in [1.165, 1.54) is 36.0 Å². The highest BCUT2D eigenvalue weighted by molar-refractivity contribution is 9.11. The van der Waals surface area contributed by atoms with Gasteiger partial charge in [-0.3, -0.25) is 0 Å². The minimum Gasteiger partial charge on any atom is -0.494 e. The van der Waals surface area contributed by atoms with Crippen LogP contribution in [-0.4, -0.2) is 21.3 Å². The van der Waals surface area contributed by atoms with Crippen LogP contribution in [-0.2, 0) is 16.2 Å². The van der Waals surface area contributed by atoms with E-state index in [9.17, 15) is 0 Å². The topological polar surface area (TPSA) is 27.7 Å². The minimum atomic E-state index is 0.0223. The Balaban J connectivity index is 1.58. The third-order valence-electron chi connectivity index (χ3n) is 9.51. The van der Waals surface area contributed by atoms with Crippen LogP contribution in [0.1, 0.15) is 55.2 Å². The molecule has 0 heterocycles. The molecule has 3 aromatic carbocycles. The Morgan fingerprint density at radius 3 is 0.900 bits per heavy atom. The quantitative estimate of drug-likeness (QED) is 0.247. The number of methoxy groups -OCH3 is 3. The molecule has 3 nitrogen and oxygen atoms in total. The van der Waals surface area contributed by atoms with E-state index in [0.717, 1.165) is 63.3 Å². The minimum absolute atomic E-state index is 0.0223. The van der Waals surface area contributed by atoms with Gasteiger partial charge in [-0.1, -0.05) is 0 Å². The number of rotatable bonds is 6. The lowest BCUT2D eigenvalue weighted by Gasteiger charge is -2.67. The van der Waals surface area contributed by atoms with Gasteiger partial charge in [0.1, 0.15) is 17.2 Å². The van der Waals surface area contributed by atoms with Crippen LogP contribution in [0.4, 0.5) is 0 Å². The van der Waals surface area contributed by atoms with Crippen LogP contribution in [0.15, 0.2) is 63.2 Å². The summed E-state index contributed by atoms with van der Waals surface area (Å²) in [6, 6.07) is 13.8. The highest BCUT2D eigenvalue weighted by Crippen LogP contribution is 2.71. The van der Waals surface area contributed by atoms with Crippen LogP contribution in [0.3, 0.4) is 0 Å². The molecule has 4 fully saturated rings. The molecular formula is C31H28Br6O3. The van der Waals surface area contributed by atoms with E-state index >= 15 is 0 Å². The van der Waals surface area contributed by atoms with Crippen molar-refractivity contribution in [1.82, 2.24) is 0 Å². The smallest absolute Gasteiger partial charge is 0.147 e. The molecule has 4 aliphatic carbocycles. The molecule has 9 heteroatoms. The summed E-state index contributed by atoms with van der Waals surface area (Å²) in [5.74, 6) is 3.12. The van der Waals surface area contributed by atoms with Gasteiger partial charge in [-0.15, -0.1) is 0 Å². The van der Waals surface area contributed by atoms with Crippen LogP contribution >= 0.6 is 95.6 Å². The number of benzene rings is 3. The second kappa shape index (κ2) is 10.8. The maximum absolute atomic E-state index is 5.69. The van der Waals surface area contributed by atoms with Crippen molar-refractivity contribution in [3.63, 3.8) is 0 Å². The van der Waals surface area contributed by atoms with Gasteiger partial charge in [-0.25, -0.2) is 0 Å². The molecule has 212 valence electrons. The lowest BCUT2D eigenvalue weighted by Crippen LogP contribution is -2.62. The van der Waals surface area contributed by atoms with Crippen LogP contribution in [0.2, 0.25) is 0 Å². The highest BCUT2D eigenvalue weighted by Gasteiger charge is 2.64. The van der Waals surface area contributed by atoms with Gasteiger partial charge in [0.2, 0.25) is 0 Å². The Bertz CT molecular complexity index is 1260. The zero-order valence-corrected chi connectivity index (χ0v) is 31.8. The van der Waals surface area contributed by atoms with E-state index in [1.54, 1.807) is 21.3 Å². The van der Waals surface area contributed by atoms with Crippen LogP contribution < -0.4 is 14.2 Å². The zero-order valence-electron chi connectivity index (χ0n) is 22.3. The van der Waals surface area contributed by atoms with Gasteiger partial charge in [0.05, 0.1) is 48.2 Å². The molecular weight excluding hydrogens is 900 g/mol. The molecule has 0 N–H and O–H groups in total. The molecule has 4 saturated carbocycles. The van der Waals surface area contributed by atoms with E-state index in [4.69, 9.17) is 14.2 Å². The van der Waals surface area contributed by atoms with Crippen molar-refractivity contribution in [1.29, 1.82) is 0 Å². The van der Waals surface area contributed by atoms with E-state index in [0.29, 0.717) is 5.92 Å². The fraction of sp³-hybridized carbons (Fsp3) is 0.419. The van der Waals surface area contributed by atoms with Crippen molar-refractivity contribution in [2.24, 2.45) is 5.92 Å². The summed E-state index contributed by atoms with van der Waals surface area (Å²) >= 11 is 22.9. The van der Waals surface area contributed by atoms with Crippen LogP contribution in [0.5, 0.6) is 17.2 Å². The average Bonchev–Trinajstić information content (AvgIpc) is 2.87. The van der Waals surface area contributed by atoms with Gasteiger partial charge in [0.15, 0.2) is 0 Å². The second-order valence-electron chi connectivity index (χ2n) is 11.8. The van der Waals surface area contributed by atoms with Gasteiger partial charge in [-0.2, -0.15) is 0 Å². The SMILES string of the molecule is COc1c(Br)cc(C23CC4CC(c5cc(Br)c(OC)c(Br)c5)(C2)CC(c2cc(Br)c(OC)c(Br)c2)(C4)C3)cc1Br. The summed E-state index contributed by atoms with van der Waals surface area (Å²) in [6.07, 6.45) is 6.89. The molecule has 0 aliphatic heterocycles. The standard InChI is InChI=1S/C31H28Br6O3/c1-38-26-20(32)4-17(5-21(26)33)29-10-16-11-30(13-29,18-6-22(34)27(39-2)23(35)7-18)15-31(12-16,14-29)19-8-24(36)28(40-3)25(37)9-19/h4-9,16H,10-15H2,1-3H3. The molecule has 0 unspecified atom stereocenters. The molecule has 0 amide bonds. The van der Waals surface area contributed by atoms with Crippen molar-refractivity contribution in [2.75, 3.05) is 21.3 Å². The number of hydrogen-bond donors (Lipinski definition) is 0. The molecule has 0 atom stereocenters. The monoisotopic (exact) mass is 922 g/mol. The third kappa shape index (κ3) is 4.70. The molecule has 0 aromatic heterocycles. The summed E-state index contributed by atoms with van der Waals surface area (Å²) in [5, 5.41) is 0. The fourth-order valence-corrected chi connectivity index (χ4v) is 13.1. The summed E-state index contributed by atoms with van der Waals surface area (Å²) in [6.45, 7) is 0. The second-order valence-corrected chi connectivity index (χ2v) is 16.9. The average molecular weight is 928 g/mol. The summed E-state index contributed by atoms with van der Waals surface area (Å²) in [7, 11) is 5.16. The lowest BCUT2D eigenvalue weighted by atomic mass is 9.36. The Morgan fingerprint density at radius 2 is 0.700 bits per heavy atom. The Labute approximate surface area is 286 Å². The molecule has 4 bridgehead atoms. The molecule has 4 aliphatic rings. The van der Waals surface area contributed by atoms with Gasteiger partial charge in [0.25, 0.3) is 0 Å². The third-order valence-corrected chi connectivity index (χ3v) is 13.0. The highest BCUT2D eigenvalue weighted by atomic mass is 79.9. The molecule has 7 rings (SSSR count). The predicted molar refractivity (Wildman–Crippen MR) is 181 cm³/mol. The zero-order chi connectivity index (χ0) is 28.6. The van der Waals surface area contributed by atoms with Crippen molar-refractivity contribution in [2.45, 2.75) is 54.8 Å². The summed E-state index contributed by atoms with van der Waals surface area (Å²) < 4.78 is 23.0. The summed E-state index contributed by atoms with van der Waals surface area (Å²) in [5.41, 5.74) is 4.20. The largest absolute Gasteiger partial charge is 0.494 e. The van der Waals surface area contributed by atoms with Crippen molar-refractivity contribution in [3.05, 3.63) is 79.9 Å². The molecule has 3 aromatic rings. The Hall–Kier alpha value is -0.0600. The molecule has 0 saturated heterocycles. The fourth-order valence-electron chi connectivity index (χ4n) is 8.59. The number of hydrogen-bond acceptors (Lipinski definition) is 3. The van der Waals surface area contributed by atoms with Crippen molar-refractivity contribution in [3.8, 4) is 17.2 Å². The molecule has 0 spiro atoms. The van der Waals surface area contributed by atoms with Crippen molar-refractivity contribution < 1.29 is 14.2 Å². The normalized spacial score (nSPS) is 28.6.